The van der Waals surface area contributed by atoms with Gasteiger partial charge in [-0.15, -0.1) is 0 Å². The summed E-state index contributed by atoms with van der Waals surface area (Å²) < 4.78 is 0. The first-order valence-electron chi connectivity index (χ1n) is 6.64. The van der Waals surface area contributed by atoms with Gasteiger partial charge in [0.05, 0.1) is 5.54 Å². The van der Waals surface area contributed by atoms with Crippen LogP contribution in [-0.2, 0) is 0 Å². The lowest BCUT2D eigenvalue weighted by Gasteiger charge is -2.29. The van der Waals surface area contributed by atoms with Gasteiger partial charge in [-0.1, -0.05) is 6.92 Å². The van der Waals surface area contributed by atoms with Gasteiger partial charge in [-0.3, -0.25) is 4.90 Å². The van der Waals surface area contributed by atoms with E-state index in [-0.39, 0.29) is 5.54 Å². The highest BCUT2D eigenvalue weighted by molar-refractivity contribution is 5.78. The number of likely N-dealkylation sites (tertiary alicyclic amines) is 1. The maximum atomic E-state index is 6.03. The van der Waals surface area contributed by atoms with E-state index in [4.69, 9.17) is 5.73 Å². The Morgan fingerprint density at radius 2 is 2.12 bits per heavy atom. The summed E-state index contributed by atoms with van der Waals surface area (Å²) in [6, 6.07) is 0.638. The van der Waals surface area contributed by atoms with Crippen LogP contribution < -0.4 is 5.73 Å². The van der Waals surface area contributed by atoms with Gasteiger partial charge in [-0.25, -0.2) is 4.99 Å². The quantitative estimate of drug-likeness (QED) is 0.601. The molecule has 0 aromatic heterocycles. The SMILES string of the molecule is CCN1CCCC1CN(C)C(N)=NC(C)(C)C. The van der Waals surface area contributed by atoms with Crippen molar-refractivity contribution in [2.45, 2.75) is 52.1 Å². The molecule has 0 saturated carbocycles. The molecule has 1 aliphatic heterocycles. The van der Waals surface area contributed by atoms with Crippen LogP contribution in [0.25, 0.3) is 0 Å². The fourth-order valence-electron chi connectivity index (χ4n) is 2.36. The van der Waals surface area contributed by atoms with E-state index in [9.17, 15) is 0 Å². The molecule has 1 saturated heterocycles. The summed E-state index contributed by atoms with van der Waals surface area (Å²) in [5.74, 6) is 0.653. The van der Waals surface area contributed by atoms with Crippen LogP contribution in [0, 0.1) is 0 Å². The lowest BCUT2D eigenvalue weighted by molar-refractivity contribution is 0.233. The van der Waals surface area contributed by atoms with Gasteiger partial charge in [0.2, 0.25) is 0 Å². The zero-order chi connectivity index (χ0) is 13.1. The van der Waals surface area contributed by atoms with E-state index in [0.29, 0.717) is 12.0 Å². The molecule has 1 rings (SSSR count). The fraction of sp³-hybridized carbons (Fsp3) is 0.923. The summed E-state index contributed by atoms with van der Waals surface area (Å²) >= 11 is 0. The maximum Gasteiger partial charge on any atom is 0.191 e. The van der Waals surface area contributed by atoms with Gasteiger partial charge in [0.25, 0.3) is 0 Å². The first-order chi connectivity index (χ1) is 7.83. The Balaban J connectivity index is 2.54. The molecule has 0 radical (unpaired) electrons. The number of aliphatic imine (C=N–C) groups is 1. The summed E-state index contributed by atoms with van der Waals surface area (Å²) in [5, 5.41) is 0. The monoisotopic (exact) mass is 240 g/mol. The van der Waals surface area contributed by atoms with E-state index in [1.54, 1.807) is 0 Å². The normalized spacial score (nSPS) is 23.1. The third kappa shape index (κ3) is 4.54. The lowest BCUT2D eigenvalue weighted by atomic mass is 10.1. The molecule has 0 aromatic carbocycles. The van der Waals surface area contributed by atoms with Crippen LogP contribution in [-0.4, -0.2) is 54.0 Å². The number of nitrogens with zero attached hydrogens (tertiary/aromatic N) is 3. The second-order valence-corrected chi connectivity index (χ2v) is 5.95. The predicted octanol–water partition coefficient (Wildman–Crippen LogP) is 1.52. The molecule has 0 aliphatic carbocycles. The highest BCUT2D eigenvalue weighted by atomic mass is 15.3. The Morgan fingerprint density at radius 1 is 1.47 bits per heavy atom. The third-order valence-corrected chi connectivity index (χ3v) is 3.23. The number of hydrogen-bond acceptors (Lipinski definition) is 2. The minimum absolute atomic E-state index is 0.0987. The van der Waals surface area contributed by atoms with Gasteiger partial charge >= 0.3 is 0 Å². The Hall–Kier alpha value is -0.770. The Morgan fingerprint density at radius 3 is 2.65 bits per heavy atom. The Kier molecular flexibility index (Phi) is 4.80. The van der Waals surface area contributed by atoms with Crippen molar-refractivity contribution in [3.63, 3.8) is 0 Å². The average molecular weight is 240 g/mol. The van der Waals surface area contributed by atoms with Crippen LogP contribution in [0.5, 0.6) is 0 Å². The third-order valence-electron chi connectivity index (χ3n) is 3.23. The first-order valence-corrected chi connectivity index (χ1v) is 6.64. The Bertz CT molecular complexity index is 267. The zero-order valence-electron chi connectivity index (χ0n) is 12.0. The summed E-state index contributed by atoms with van der Waals surface area (Å²) in [7, 11) is 2.04. The molecule has 2 N–H and O–H groups in total. The molecular weight excluding hydrogens is 212 g/mol. The predicted molar refractivity (Wildman–Crippen MR) is 74.3 cm³/mol. The van der Waals surface area contributed by atoms with Gasteiger partial charge in [-0.05, 0) is 46.7 Å². The van der Waals surface area contributed by atoms with Crippen LogP contribution in [0.1, 0.15) is 40.5 Å². The van der Waals surface area contributed by atoms with Crippen molar-refractivity contribution in [3.8, 4) is 0 Å². The molecule has 100 valence electrons. The van der Waals surface area contributed by atoms with Gasteiger partial charge in [0.1, 0.15) is 0 Å². The van der Waals surface area contributed by atoms with Crippen molar-refractivity contribution in [2.24, 2.45) is 10.7 Å². The molecule has 0 spiro atoms. The van der Waals surface area contributed by atoms with E-state index >= 15 is 0 Å². The van der Waals surface area contributed by atoms with Crippen LogP contribution in [0.15, 0.2) is 4.99 Å². The lowest BCUT2D eigenvalue weighted by Crippen LogP contribution is -2.44. The number of guanidine groups is 1. The van der Waals surface area contributed by atoms with Crippen LogP contribution in [0.2, 0.25) is 0 Å². The largest absolute Gasteiger partial charge is 0.370 e. The van der Waals surface area contributed by atoms with E-state index < -0.39 is 0 Å². The highest BCUT2D eigenvalue weighted by Gasteiger charge is 2.24. The van der Waals surface area contributed by atoms with Gasteiger partial charge in [-0.2, -0.15) is 0 Å². The van der Waals surface area contributed by atoms with Crippen molar-refractivity contribution in [1.29, 1.82) is 0 Å². The summed E-state index contributed by atoms with van der Waals surface area (Å²) in [6.07, 6.45) is 2.59. The minimum atomic E-state index is -0.0987. The molecule has 1 unspecified atom stereocenters. The van der Waals surface area contributed by atoms with Crippen molar-refractivity contribution in [1.82, 2.24) is 9.80 Å². The van der Waals surface area contributed by atoms with E-state index in [0.717, 1.165) is 13.1 Å². The highest BCUT2D eigenvalue weighted by Crippen LogP contribution is 2.17. The maximum absolute atomic E-state index is 6.03. The van der Waals surface area contributed by atoms with Crippen LogP contribution >= 0.6 is 0 Å². The smallest absolute Gasteiger partial charge is 0.191 e. The zero-order valence-corrected chi connectivity index (χ0v) is 12.0. The van der Waals surface area contributed by atoms with Crippen molar-refractivity contribution < 1.29 is 0 Å². The first kappa shape index (κ1) is 14.3. The van der Waals surface area contributed by atoms with E-state index in [1.807, 2.05) is 7.05 Å². The van der Waals surface area contributed by atoms with Crippen LogP contribution in [0.3, 0.4) is 0 Å². The van der Waals surface area contributed by atoms with Crippen molar-refractivity contribution in [3.05, 3.63) is 0 Å². The molecule has 0 aromatic rings. The second kappa shape index (κ2) is 5.71. The molecule has 1 aliphatic rings. The molecular formula is C13H28N4. The molecule has 4 nitrogen and oxygen atoms in total. The average Bonchev–Trinajstić information content (AvgIpc) is 2.62. The van der Waals surface area contributed by atoms with E-state index in [2.05, 4.69) is 42.5 Å². The van der Waals surface area contributed by atoms with Gasteiger partial charge in [0, 0.05) is 19.6 Å². The summed E-state index contributed by atoms with van der Waals surface area (Å²) in [5.41, 5.74) is 5.93. The van der Waals surface area contributed by atoms with Gasteiger partial charge < -0.3 is 10.6 Å². The number of likely N-dealkylation sites (N-methyl/N-ethyl adjacent to an activating group) is 2. The van der Waals surface area contributed by atoms with Crippen LogP contribution in [0.4, 0.5) is 0 Å². The number of hydrogen-bond donors (Lipinski definition) is 1. The molecule has 4 heteroatoms. The number of nitrogens with two attached hydrogens (primary N) is 1. The molecule has 1 heterocycles. The van der Waals surface area contributed by atoms with Gasteiger partial charge in [0.15, 0.2) is 5.96 Å². The molecule has 0 amide bonds. The topological polar surface area (TPSA) is 44.9 Å². The summed E-state index contributed by atoms with van der Waals surface area (Å²) in [6.45, 7) is 11.8. The van der Waals surface area contributed by atoms with E-state index in [1.165, 1.54) is 19.4 Å². The molecule has 17 heavy (non-hydrogen) atoms. The Labute approximate surface area is 106 Å². The molecule has 1 fully saturated rings. The summed E-state index contributed by atoms with van der Waals surface area (Å²) in [4.78, 5) is 9.12. The minimum Gasteiger partial charge on any atom is -0.370 e. The molecule has 0 bridgehead atoms. The standard InChI is InChI=1S/C13H28N4/c1-6-17-9-7-8-11(17)10-16(5)12(14)15-13(2,3)4/h11H,6-10H2,1-5H3,(H2,14,15). The molecule has 1 atom stereocenters. The second-order valence-electron chi connectivity index (χ2n) is 5.95. The van der Waals surface area contributed by atoms with Crippen molar-refractivity contribution >= 4 is 5.96 Å². The fourth-order valence-corrected chi connectivity index (χ4v) is 2.36. The number of rotatable bonds is 3. The van der Waals surface area contributed by atoms with Crippen molar-refractivity contribution in [2.75, 3.05) is 26.7 Å².